The number of hydrogen-bond acceptors (Lipinski definition) is 5. The molecule has 1 saturated heterocycles. The predicted octanol–water partition coefficient (Wildman–Crippen LogP) is 1.43. The number of anilines is 1. The summed E-state index contributed by atoms with van der Waals surface area (Å²) in [5.41, 5.74) is 5.32. The highest BCUT2D eigenvalue weighted by molar-refractivity contribution is 5.19. The summed E-state index contributed by atoms with van der Waals surface area (Å²) in [5.74, 6) is 1.74. The Bertz CT molecular complexity index is 374. The number of ether oxygens (including phenoxy) is 1. The summed E-state index contributed by atoms with van der Waals surface area (Å²) in [7, 11) is 0. The maximum atomic E-state index is 5.71. The molecule has 5 heteroatoms. The molecule has 0 aromatic carbocycles. The summed E-state index contributed by atoms with van der Waals surface area (Å²) >= 11 is 0. The van der Waals surface area contributed by atoms with E-state index in [0.717, 1.165) is 38.1 Å². The molecule has 1 aliphatic rings. The normalized spacial score (nSPS) is 24.9. The Morgan fingerprint density at radius 2 is 2.19 bits per heavy atom. The van der Waals surface area contributed by atoms with Crippen molar-refractivity contribution in [3.05, 3.63) is 11.6 Å². The minimum atomic E-state index is -0.375. The van der Waals surface area contributed by atoms with Crippen molar-refractivity contribution in [2.24, 2.45) is 0 Å². The van der Waals surface area contributed by atoms with Gasteiger partial charge in [0.05, 0.1) is 0 Å². The Kier molecular flexibility index (Phi) is 3.05. The second-order valence-electron chi connectivity index (χ2n) is 4.37. The summed E-state index contributed by atoms with van der Waals surface area (Å²) in [6.45, 7) is 4.88. The average Bonchev–Trinajstić information content (AvgIpc) is 2.66. The summed E-state index contributed by atoms with van der Waals surface area (Å²) in [6.07, 6.45) is 3.82. The van der Waals surface area contributed by atoms with Gasteiger partial charge in [-0.3, -0.25) is 0 Å². The fourth-order valence-corrected chi connectivity index (χ4v) is 1.97. The lowest BCUT2D eigenvalue weighted by atomic mass is 10.0. The molecule has 0 saturated carbocycles. The first-order chi connectivity index (χ1) is 7.64. The predicted molar refractivity (Wildman–Crippen MR) is 60.8 cm³/mol. The molecule has 1 aromatic heterocycles. The zero-order chi connectivity index (χ0) is 11.6. The highest BCUT2D eigenvalue weighted by Crippen LogP contribution is 2.33. The zero-order valence-corrected chi connectivity index (χ0v) is 9.86. The van der Waals surface area contributed by atoms with Gasteiger partial charge in [0.2, 0.25) is 5.95 Å². The first-order valence-electron chi connectivity index (χ1n) is 5.79. The van der Waals surface area contributed by atoms with Gasteiger partial charge >= 0.3 is 0 Å². The lowest BCUT2D eigenvalue weighted by Gasteiger charge is -2.21. The molecule has 16 heavy (non-hydrogen) atoms. The van der Waals surface area contributed by atoms with Crippen molar-refractivity contribution in [3.8, 4) is 0 Å². The fraction of sp³-hybridized carbons (Fsp3) is 0.727. The van der Waals surface area contributed by atoms with E-state index in [4.69, 9.17) is 10.5 Å². The van der Waals surface area contributed by atoms with Crippen molar-refractivity contribution in [2.45, 2.75) is 45.1 Å². The number of rotatable bonds is 3. The molecule has 0 radical (unpaired) electrons. The van der Waals surface area contributed by atoms with Crippen LogP contribution in [0.15, 0.2) is 0 Å². The van der Waals surface area contributed by atoms with E-state index in [0.29, 0.717) is 11.8 Å². The molecule has 2 rings (SSSR count). The summed E-state index contributed by atoms with van der Waals surface area (Å²) in [6, 6.07) is 0. The lowest BCUT2D eigenvalue weighted by Crippen LogP contribution is -2.25. The van der Waals surface area contributed by atoms with Crippen LogP contribution in [0.2, 0.25) is 0 Å². The molecular formula is C11H18N4O. The number of aromatic nitrogens is 3. The fourth-order valence-electron chi connectivity index (χ4n) is 1.97. The Balaban J connectivity index is 2.32. The van der Waals surface area contributed by atoms with Crippen LogP contribution < -0.4 is 5.73 Å². The van der Waals surface area contributed by atoms with E-state index >= 15 is 0 Å². The van der Waals surface area contributed by atoms with Crippen LogP contribution in [-0.2, 0) is 16.8 Å². The second kappa shape index (κ2) is 4.33. The molecule has 0 bridgehead atoms. The van der Waals surface area contributed by atoms with Gasteiger partial charge in [-0.05, 0) is 26.2 Å². The Morgan fingerprint density at radius 1 is 1.38 bits per heavy atom. The van der Waals surface area contributed by atoms with Gasteiger partial charge in [-0.15, -0.1) is 0 Å². The van der Waals surface area contributed by atoms with Crippen molar-refractivity contribution in [1.29, 1.82) is 0 Å². The molecule has 1 aliphatic heterocycles. The molecule has 88 valence electrons. The maximum absolute atomic E-state index is 5.71. The number of hydrogen-bond donors (Lipinski definition) is 1. The first-order valence-corrected chi connectivity index (χ1v) is 5.79. The quantitative estimate of drug-likeness (QED) is 0.837. The molecule has 0 aliphatic carbocycles. The highest BCUT2D eigenvalue weighted by Gasteiger charge is 2.35. The van der Waals surface area contributed by atoms with Gasteiger partial charge in [0.15, 0.2) is 5.82 Å². The third kappa shape index (κ3) is 2.14. The highest BCUT2D eigenvalue weighted by atomic mass is 16.5. The molecule has 1 atom stereocenters. The van der Waals surface area contributed by atoms with Crippen molar-refractivity contribution in [1.82, 2.24) is 15.0 Å². The van der Waals surface area contributed by atoms with Crippen LogP contribution in [0.25, 0.3) is 0 Å². The minimum Gasteiger partial charge on any atom is -0.368 e. The van der Waals surface area contributed by atoms with Crippen LogP contribution in [0.4, 0.5) is 5.95 Å². The van der Waals surface area contributed by atoms with Crippen LogP contribution in [-0.4, -0.2) is 21.6 Å². The van der Waals surface area contributed by atoms with Crippen LogP contribution in [0.3, 0.4) is 0 Å². The molecule has 0 spiro atoms. The first kappa shape index (κ1) is 11.3. The van der Waals surface area contributed by atoms with E-state index in [2.05, 4.69) is 21.9 Å². The van der Waals surface area contributed by atoms with E-state index < -0.39 is 0 Å². The van der Waals surface area contributed by atoms with Crippen molar-refractivity contribution >= 4 is 5.95 Å². The SMILES string of the molecule is CCCc1nc(N)nc(C2(C)CCCO2)n1. The van der Waals surface area contributed by atoms with Crippen LogP contribution in [0.5, 0.6) is 0 Å². The van der Waals surface area contributed by atoms with Gasteiger partial charge in [-0.25, -0.2) is 4.98 Å². The topological polar surface area (TPSA) is 73.9 Å². The largest absolute Gasteiger partial charge is 0.368 e. The standard InChI is InChI=1S/C11H18N4O/c1-3-5-8-13-9(15-10(12)14-8)11(2)6-4-7-16-11/h3-7H2,1-2H3,(H2,12,13,14,15). The molecule has 1 aromatic rings. The molecule has 5 nitrogen and oxygen atoms in total. The van der Waals surface area contributed by atoms with E-state index in [-0.39, 0.29) is 5.60 Å². The third-order valence-corrected chi connectivity index (χ3v) is 2.86. The molecule has 1 unspecified atom stereocenters. The zero-order valence-electron chi connectivity index (χ0n) is 9.86. The van der Waals surface area contributed by atoms with E-state index in [1.54, 1.807) is 0 Å². The van der Waals surface area contributed by atoms with Crippen molar-refractivity contribution in [3.63, 3.8) is 0 Å². The van der Waals surface area contributed by atoms with Gasteiger partial charge in [0, 0.05) is 13.0 Å². The second-order valence-corrected chi connectivity index (χ2v) is 4.37. The van der Waals surface area contributed by atoms with Gasteiger partial charge < -0.3 is 10.5 Å². The van der Waals surface area contributed by atoms with Crippen LogP contribution >= 0.6 is 0 Å². The number of nitrogens with zero attached hydrogens (tertiary/aromatic N) is 3. The van der Waals surface area contributed by atoms with E-state index in [1.165, 1.54) is 0 Å². The van der Waals surface area contributed by atoms with Gasteiger partial charge in [0.1, 0.15) is 11.4 Å². The average molecular weight is 222 g/mol. The Morgan fingerprint density at radius 3 is 2.81 bits per heavy atom. The number of aryl methyl sites for hydroxylation is 1. The lowest BCUT2D eigenvalue weighted by molar-refractivity contribution is 0.00907. The van der Waals surface area contributed by atoms with Crippen molar-refractivity contribution < 1.29 is 4.74 Å². The molecule has 0 amide bonds. The Hall–Kier alpha value is -1.23. The molecular weight excluding hydrogens is 204 g/mol. The number of nitrogens with two attached hydrogens (primary N) is 1. The monoisotopic (exact) mass is 222 g/mol. The molecule has 2 heterocycles. The van der Waals surface area contributed by atoms with E-state index in [9.17, 15) is 0 Å². The van der Waals surface area contributed by atoms with Gasteiger partial charge in [-0.1, -0.05) is 6.92 Å². The third-order valence-electron chi connectivity index (χ3n) is 2.86. The van der Waals surface area contributed by atoms with Gasteiger partial charge in [0.25, 0.3) is 0 Å². The number of nitrogen functional groups attached to an aromatic ring is 1. The summed E-state index contributed by atoms with van der Waals surface area (Å²) in [4.78, 5) is 12.8. The van der Waals surface area contributed by atoms with E-state index in [1.807, 2.05) is 6.92 Å². The molecule has 1 fully saturated rings. The molecule has 2 N–H and O–H groups in total. The minimum absolute atomic E-state index is 0.296. The summed E-state index contributed by atoms with van der Waals surface area (Å²) in [5, 5.41) is 0. The Labute approximate surface area is 95.5 Å². The summed E-state index contributed by atoms with van der Waals surface area (Å²) < 4.78 is 5.71. The van der Waals surface area contributed by atoms with Gasteiger partial charge in [-0.2, -0.15) is 9.97 Å². The van der Waals surface area contributed by atoms with Crippen molar-refractivity contribution in [2.75, 3.05) is 12.3 Å². The smallest absolute Gasteiger partial charge is 0.223 e. The van der Waals surface area contributed by atoms with Crippen LogP contribution in [0.1, 0.15) is 44.8 Å². The maximum Gasteiger partial charge on any atom is 0.223 e. The van der Waals surface area contributed by atoms with Crippen LogP contribution in [0, 0.1) is 0 Å².